The third kappa shape index (κ3) is 4.11. The Morgan fingerprint density at radius 3 is 3.12 bits per heavy atom. The number of rotatable bonds is 5. The average molecular weight is 221 g/mol. The standard InChI is InChI=1S/C10H15N5O/c1-2-3-4-5-12-10(16)8-15-7-9(6-11)13-14-15/h7H,4-6,8,11H2,1H3,(H,12,16). The van der Waals surface area contributed by atoms with Crippen molar-refractivity contribution in [1.82, 2.24) is 20.3 Å². The van der Waals surface area contributed by atoms with Gasteiger partial charge in [-0.3, -0.25) is 4.79 Å². The molecule has 0 fully saturated rings. The van der Waals surface area contributed by atoms with E-state index in [1.165, 1.54) is 4.68 Å². The zero-order valence-electron chi connectivity index (χ0n) is 9.23. The lowest BCUT2D eigenvalue weighted by molar-refractivity contribution is -0.121. The molecular formula is C10H15N5O. The van der Waals surface area contributed by atoms with Crippen molar-refractivity contribution in [3.63, 3.8) is 0 Å². The zero-order valence-corrected chi connectivity index (χ0v) is 9.23. The number of carbonyl (C=O) groups excluding carboxylic acids is 1. The van der Waals surface area contributed by atoms with Gasteiger partial charge in [-0.2, -0.15) is 0 Å². The highest BCUT2D eigenvalue weighted by molar-refractivity contribution is 5.75. The number of nitrogens with two attached hydrogens (primary N) is 1. The molecular weight excluding hydrogens is 206 g/mol. The van der Waals surface area contributed by atoms with E-state index in [0.29, 0.717) is 25.2 Å². The number of hydrogen-bond acceptors (Lipinski definition) is 4. The van der Waals surface area contributed by atoms with Crippen molar-refractivity contribution in [2.24, 2.45) is 5.73 Å². The smallest absolute Gasteiger partial charge is 0.241 e. The van der Waals surface area contributed by atoms with Crippen LogP contribution in [0.1, 0.15) is 19.0 Å². The number of amides is 1. The fourth-order valence-electron chi connectivity index (χ4n) is 1.10. The minimum Gasteiger partial charge on any atom is -0.354 e. The maximum Gasteiger partial charge on any atom is 0.241 e. The Bertz CT molecular complexity index is 401. The summed E-state index contributed by atoms with van der Waals surface area (Å²) in [6, 6.07) is 0. The molecule has 1 heterocycles. The van der Waals surface area contributed by atoms with Crippen molar-refractivity contribution < 1.29 is 4.79 Å². The third-order valence-electron chi connectivity index (χ3n) is 1.85. The number of aromatic nitrogens is 3. The molecule has 6 heteroatoms. The predicted molar refractivity (Wildman–Crippen MR) is 59.0 cm³/mol. The summed E-state index contributed by atoms with van der Waals surface area (Å²) in [5, 5.41) is 10.3. The first-order valence-electron chi connectivity index (χ1n) is 5.01. The van der Waals surface area contributed by atoms with Gasteiger partial charge in [-0.25, -0.2) is 4.68 Å². The Hall–Kier alpha value is -1.87. The van der Waals surface area contributed by atoms with Crippen LogP contribution >= 0.6 is 0 Å². The first kappa shape index (κ1) is 12.2. The maximum absolute atomic E-state index is 11.4. The first-order chi connectivity index (χ1) is 7.76. The molecule has 0 spiro atoms. The van der Waals surface area contributed by atoms with Crippen molar-refractivity contribution in [2.75, 3.05) is 6.54 Å². The molecule has 16 heavy (non-hydrogen) atoms. The number of nitrogens with one attached hydrogen (secondary N) is 1. The van der Waals surface area contributed by atoms with Gasteiger partial charge in [0.1, 0.15) is 6.54 Å². The van der Waals surface area contributed by atoms with Crippen LogP contribution in [0, 0.1) is 11.8 Å². The summed E-state index contributed by atoms with van der Waals surface area (Å²) < 4.78 is 1.46. The average Bonchev–Trinajstić information content (AvgIpc) is 2.72. The summed E-state index contributed by atoms with van der Waals surface area (Å²) in [7, 11) is 0. The fourth-order valence-corrected chi connectivity index (χ4v) is 1.10. The number of hydrogen-bond donors (Lipinski definition) is 2. The normalized spacial score (nSPS) is 9.38. The molecule has 0 aliphatic heterocycles. The van der Waals surface area contributed by atoms with Crippen molar-refractivity contribution in [1.29, 1.82) is 0 Å². The second-order valence-electron chi connectivity index (χ2n) is 3.14. The van der Waals surface area contributed by atoms with Crippen LogP contribution in [-0.4, -0.2) is 27.4 Å². The number of nitrogens with zero attached hydrogens (tertiary/aromatic N) is 3. The van der Waals surface area contributed by atoms with Gasteiger partial charge in [0.2, 0.25) is 5.91 Å². The Morgan fingerprint density at radius 2 is 2.50 bits per heavy atom. The maximum atomic E-state index is 11.4. The van der Waals surface area contributed by atoms with E-state index in [4.69, 9.17) is 5.73 Å². The SMILES string of the molecule is CC#CCCNC(=O)Cn1cc(CN)nn1. The highest BCUT2D eigenvalue weighted by Gasteiger charge is 2.03. The molecule has 86 valence electrons. The molecule has 6 nitrogen and oxygen atoms in total. The summed E-state index contributed by atoms with van der Waals surface area (Å²) in [4.78, 5) is 11.4. The quantitative estimate of drug-likeness (QED) is 0.507. The molecule has 1 aromatic rings. The molecule has 0 saturated carbocycles. The largest absolute Gasteiger partial charge is 0.354 e. The Morgan fingerprint density at radius 1 is 1.69 bits per heavy atom. The van der Waals surface area contributed by atoms with E-state index in [2.05, 4.69) is 27.5 Å². The molecule has 1 rings (SSSR count). The van der Waals surface area contributed by atoms with Crippen LogP contribution in [0.2, 0.25) is 0 Å². The van der Waals surface area contributed by atoms with Gasteiger partial charge < -0.3 is 11.1 Å². The molecule has 0 radical (unpaired) electrons. The first-order valence-corrected chi connectivity index (χ1v) is 5.01. The van der Waals surface area contributed by atoms with Gasteiger partial charge >= 0.3 is 0 Å². The molecule has 0 aliphatic rings. The summed E-state index contributed by atoms with van der Waals surface area (Å²) in [5.41, 5.74) is 6.05. The molecule has 0 bridgehead atoms. The van der Waals surface area contributed by atoms with Crippen LogP contribution in [0.15, 0.2) is 6.20 Å². The van der Waals surface area contributed by atoms with Crippen LogP contribution in [0.5, 0.6) is 0 Å². The summed E-state index contributed by atoms with van der Waals surface area (Å²) in [6.07, 6.45) is 2.32. The highest BCUT2D eigenvalue weighted by Crippen LogP contribution is 1.90. The predicted octanol–water partition coefficient (Wildman–Crippen LogP) is -0.734. The fraction of sp³-hybridized carbons (Fsp3) is 0.500. The molecule has 1 aromatic heterocycles. The highest BCUT2D eigenvalue weighted by atomic mass is 16.2. The van der Waals surface area contributed by atoms with Gasteiger partial charge in [-0.15, -0.1) is 16.9 Å². The van der Waals surface area contributed by atoms with Crippen molar-refractivity contribution in [2.45, 2.75) is 26.4 Å². The van der Waals surface area contributed by atoms with Crippen LogP contribution < -0.4 is 11.1 Å². The van der Waals surface area contributed by atoms with E-state index < -0.39 is 0 Å². The minimum atomic E-state index is -0.105. The van der Waals surface area contributed by atoms with E-state index >= 15 is 0 Å². The van der Waals surface area contributed by atoms with Crippen LogP contribution in [0.3, 0.4) is 0 Å². The van der Waals surface area contributed by atoms with Crippen molar-refractivity contribution in [3.8, 4) is 11.8 Å². The van der Waals surface area contributed by atoms with E-state index in [0.717, 1.165) is 0 Å². The minimum absolute atomic E-state index is 0.105. The van der Waals surface area contributed by atoms with E-state index in [-0.39, 0.29) is 12.5 Å². The molecule has 0 saturated heterocycles. The number of carbonyl (C=O) groups is 1. The molecule has 3 N–H and O–H groups in total. The molecule has 1 amide bonds. The van der Waals surface area contributed by atoms with E-state index in [1.807, 2.05) is 0 Å². The summed E-state index contributed by atoms with van der Waals surface area (Å²) in [6.45, 7) is 2.81. The lowest BCUT2D eigenvalue weighted by Gasteiger charge is -2.01. The van der Waals surface area contributed by atoms with Gasteiger partial charge in [-0.05, 0) is 6.92 Å². The molecule has 0 aromatic carbocycles. The Balaban J connectivity index is 2.30. The molecule has 0 unspecified atom stereocenters. The monoisotopic (exact) mass is 221 g/mol. The summed E-state index contributed by atoms with van der Waals surface area (Å²) >= 11 is 0. The second-order valence-corrected chi connectivity index (χ2v) is 3.14. The van der Waals surface area contributed by atoms with Gasteiger partial charge in [0, 0.05) is 19.5 Å². The molecule has 0 aliphatic carbocycles. The van der Waals surface area contributed by atoms with Crippen LogP contribution in [-0.2, 0) is 17.9 Å². The Kier molecular flexibility index (Phi) is 5.02. The second kappa shape index (κ2) is 6.58. The lowest BCUT2D eigenvalue weighted by atomic mass is 10.4. The molecule has 0 atom stereocenters. The van der Waals surface area contributed by atoms with Crippen LogP contribution in [0.25, 0.3) is 0 Å². The van der Waals surface area contributed by atoms with Crippen molar-refractivity contribution >= 4 is 5.91 Å². The Labute approximate surface area is 94.2 Å². The van der Waals surface area contributed by atoms with E-state index in [9.17, 15) is 4.79 Å². The van der Waals surface area contributed by atoms with Gasteiger partial charge in [-0.1, -0.05) is 5.21 Å². The summed E-state index contributed by atoms with van der Waals surface area (Å²) in [5.74, 6) is 5.52. The van der Waals surface area contributed by atoms with Gasteiger partial charge in [0.15, 0.2) is 0 Å². The van der Waals surface area contributed by atoms with Gasteiger partial charge in [0.05, 0.1) is 11.9 Å². The zero-order chi connectivity index (χ0) is 11.8. The van der Waals surface area contributed by atoms with Crippen molar-refractivity contribution in [3.05, 3.63) is 11.9 Å². The third-order valence-corrected chi connectivity index (χ3v) is 1.85. The van der Waals surface area contributed by atoms with Crippen LogP contribution in [0.4, 0.5) is 0 Å². The van der Waals surface area contributed by atoms with Gasteiger partial charge in [0.25, 0.3) is 0 Å². The van der Waals surface area contributed by atoms with E-state index in [1.54, 1.807) is 13.1 Å². The lowest BCUT2D eigenvalue weighted by Crippen LogP contribution is -2.28. The topological polar surface area (TPSA) is 85.8 Å².